The fourth-order valence-corrected chi connectivity index (χ4v) is 3.36. The summed E-state index contributed by atoms with van der Waals surface area (Å²) in [6, 6.07) is 0.757. The fraction of sp³-hybridized carbons (Fsp3) is 1.00. The van der Waals surface area contributed by atoms with Crippen LogP contribution >= 0.6 is 0 Å². The molecule has 2 atom stereocenters. The van der Waals surface area contributed by atoms with Crippen molar-refractivity contribution in [3.8, 4) is 0 Å². The SMILES string of the molecule is CCN1CC2NCCCC2C(C)(C)C1. The monoisotopic (exact) mass is 196 g/mol. The molecule has 2 heterocycles. The minimum absolute atomic E-state index is 0.506. The Kier molecular flexibility index (Phi) is 2.85. The van der Waals surface area contributed by atoms with E-state index in [-0.39, 0.29) is 0 Å². The van der Waals surface area contributed by atoms with Crippen LogP contribution in [0, 0.1) is 11.3 Å². The van der Waals surface area contributed by atoms with Gasteiger partial charge < -0.3 is 10.2 Å². The van der Waals surface area contributed by atoms with Gasteiger partial charge in [0.05, 0.1) is 0 Å². The lowest BCUT2D eigenvalue weighted by Crippen LogP contribution is -2.60. The van der Waals surface area contributed by atoms with Crippen LogP contribution in [0.1, 0.15) is 33.6 Å². The van der Waals surface area contributed by atoms with Crippen molar-refractivity contribution in [2.75, 3.05) is 26.2 Å². The molecule has 0 radical (unpaired) electrons. The van der Waals surface area contributed by atoms with Gasteiger partial charge in [-0.2, -0.15) is 0 Å². The van der Waals surface area contributed by atoms with Crippen molar-refractivity contribution in [1.29, 1.82) is 0 Å². The standard InChI is InChI=1S/C12H24N2/c1-4-14-8-11-10(6-5-7-13-11)12(2,3)9-14/h10-11,13H,4-9H2,1-3H3. The number of hydrogen-bond donors (Lipinski definition) is 1. The maximum absolute atomic E-state index is 3.70. The van der Waals surface area contributed by atoms with Gasteiger partial charge in [0.25, 0.3) is 0 Å². The molecule has 2 fully saturated rings. The van der Waals surface area contributed by atoms with E-state index in [0.29, 0.717) is 5.41 Å². The van der Waals surface area contributed by atoms with Crippen LogP contribution in [-0.2, 0) is 0 Å². The Morgan fingerprint density at radius 1 is 1.43 bits per heavy atom. The van der Waals surface area contributed by atoms with Gasteiger partial charge >= 0.3 is 0 Å². The second-order valence-corrected chi connectivity index (χ2v) is 5.63. The zero-order valence-electron chi connectivity index (χ0n) is 9.84. The average Bonchev–Trinajstić information content (AvgIpc) is 2.17. The molecule has 14 heavy (non-hydrogen) atoms. The molecule has 0 aliphatic carbocycles. The molecule has 2 saturated heterocycles. The van der Waals surface area contributed by atoms with Gasteiger partial charge in [-0.05, 0) is 37.3 Å². The summed E-state index contributed by atoms with van der Waals surface area (Å²) in [6.45, 7) is 12.2. The Hall–Kier alpha value is -0.0800. The Morgan fingerprint density at radius 2 is 2.21 bits per heavy atom. The first-order chi connectivity index (χ1) is 6.63. The van der Waals surface area contributed by atoms with Crippen LogP contribution in [-0.4, -0.2) is 37.1 Å². The van der Waals surface area contributed by atoms with E-state index in [1.165, 1.54) is 39.0 Å². The Labute approximate surface area is 88.1 Å². The van der Waals surface area contributed by atoms with Gasteiger partial charge in [-0.25, -0.2) is 0 Å². The number of likely N-dealkylation sites (N-methyl/N-ethyl adjacent to an activating group) is 1. The van der Waals surface area contributed by atoms with Crippen LogP contribution in [0.15, 0.2) is 0 Å². The van der Waals surface area contributed by atoms with Crippen molar-refractivity contribution in [3.05, 3.63) is 0 Å². The van der Waals surface area contributed by atoms with E-state index in [0.717, 1.165) is 12.0 Å². The van der Waals surface area contributed by atoms with Gasteiger partial charge in [0.2, 0.25) is 0 Å². The number of fused-ring (bicyclic) bond motifs is 1. The van der Waals surface area contributed by atoms with Gasteiger partial charge in [0.1, 0.15) is 0 Å². The smallest absolute Gasteiger partial charge is 0.0228 e. The molecule has 2 heteroatoms. The van der Waals surface area contributed by atoms with Gasteiger partial charge in [0.15, 0.2) is 0 Å². The summed E-state index contributed by atoms with van der Waals surface area (Å²) in [5, 5.41) is 3.70. The first kappa shape index (κ1) is 10.4. The molecule has 0 aromatic heterocycles. The molecule has 2 unspecified atom stereocenters. The van der Waals surface area contributed by atoms with Crippen LogP contribution in [0.5, 0.6) is 0 Å². The quantitative estimate of drug-likeness (QED) is 0.687. The highest BCUT2D eigenvalue weighted by atomic mass is 15.2. The predicted molar refractivity (Wildman–Crippen MR) is 60.4 cm³/mol. The molecule has 2 rings (SSSR count). The van der Waals surface area contributed by atoms with Crippen LogP contribution < -0.4 is 5.32 Å². The number of nitrogens with zero attached hydrogens (tertiary/aromatic N) is 1. The molecule has 0 bridgehead atoms. The van der Waals surface area contributed by atoms with E-state index in [1.54, 1.807) is 0 Å². The van der Waals surface area contributed by atoms with Crippen molar-refractivity contribution >= 4 is 0 Å². The number of hydrogen-bond acceptors (Lipinski definition) is 2. The minimum Gasteiger partial charge on any atom is -0.312 e. The highest BCUT2D eigenvalue weighted by Crippen LogP contribution is 2.39. The summed E-state index contributed by atoms with van der Waals surface area (Å²) in [5.74, 6) is 0.902. The third-order valence-electron chi connectivity index (χ3n) is 4.12. The normalized spacial score (nSPS) is 37.9. The third-order valence-corrected chi connectivity index (χ3v) is 4.12. The van der Waals surface area contributed by atoms with Crippen LogP contribution in [0.4, 0.5) is 0 Å². The topological polar surface area (TPSA) is 15.3 Å². The highest BCUT2D eigenvalue weighted by Gasteiger charge is 2.42. The predicted octanol–water partition coefficient (Wildman–Crippen LogP) is 1.72. The van der Waals surface area contributed by atoms with Gasteiger partial charge in [-0.1, -0.05) is 20.8 Å². The van der Waals surface area contributed by atoms with Crippen molar-refractivity contribution in [2.24, 2.45) is 11.3 Å². The summed E-state index contributed by atoms with van der Waals surface area (Å²) in [6.07, 6.45) is 2.80. The first-order valence-electron chi connectivity index (χ1n) is 6.09. The van der Waals surface area contributed by atoms with E-state index in [1.807, 2.05) is 0 Å². The summed E-state index contributed by atoms with van der Waals surface area (Å²) < 4.78 is 0. The third kappa shape index (κ3) is 1.82. The second kappa shape index (κ2) is 3.82. The maximum Gasteiger partial charge on any atom is 0.0228 e. The molecule has 0 aromatic carbocycles. The lowest BCUT2D eigenvalue weighted by atomic mass is 9.68. The summed E-state index contributed by atoms with van der Waals surface area (Å²) in [7, 11) is 0. The van der Waals surface area contributed by atoms with E-state index < -0.39 is 0 Å². The zero-order chi connectivity index (χ0) is 10.2. The Morgan fingerprint density at radius 3 is 2.93 bits per heavy atom. The number of likely N-dealkylation sites (tertiary alicyclic amines) is 1. The molecule has 0 saturated carbocycles. The Bertz CT molecular complexity index is 200. The largest absolute Gasteiger partial charge is 0.312 e. The van der Waals surface area contributed by atoms with Crippen molar-refractivity contribution in [1.82, 2.24) is 10.2 Å². The molecule has 0 amide bonds. The van der Waals surface area contributed by atoms with Gasteiger partial charge in [0, 0.05) is 19.1 Å². The highest BCUT2D eigenvalue weighted by molar-refractivity contribution is 4.97. The van der Waals surface area contributed by atoms with E-state index in [2.05, 4.69) is 31.0 Å². The molecule has 82 valence electrons. The number of rotatable bonds is 1. The fourth-order valence-electron chi connectivity index (χ4n) is 3.36. The summed E-state index contributed by atoms with van der Waals surface area (Å²) in [4.78, 5) is 2.60. The molecule has 2 aliphatic rings. The van der Waals surface area contributed by atoms with Gasteiger partial charge in [-0.15, -0.1) is 0 Å². The summed E-state index contributed by atoms with van der Waals surface area (Å²) >= 11 is 0. The molecule has 0 spiro atoms. The second-order valence-electron chi connectivity index (χ2n) is 5.63. The molecule has 0 aromatic rings. The average molecular weight is 196 g/mol. The maximum atomic E-state index is 3.70. The lowest BCUT2D eigenvalue weighted by Gasteiger charge is -2.51. The molecular formula is C12H24N2. The van der Waals surface area contributed by atoms with Crippen molar-refractivity contribution in [2.45, 2.75) is 39.7 Å². The van der Waals surface area contributed by atoms with Crippen LogP contribution in [0.3, 0.4) is 0 Å². The van der Waals surface area contributed by atoms with Gasteiger partial charge in [-0.3, -0.25) is 0 Å². The number of piperidine rings is 2. The van der Waals surface area contributed by atoms with Crippen molar-refractivity contribution < 1.29 is 0 Å². The number of nitrogens with one attached hydrogen (secondary N) is 1. The van der Waals surface area contributed by atoms with Crippen LogP contribution in [0.25, 0.3) is 0 Å². The lowest BCUT2D eigenvalue weighted by molar-refractivity contribution is 0.00976. The Balaban J connectivity index is 2.10. The molecular weight excluding hydrogens is 172 g/mol. The minimum atomic E-state index is 0.506. The van der Waals surface area contributed by atoms with Crippen LogP contribution in [0.2, 0.25) is 0 Å². The molecule has 1 N–H and O–H groups in total. The molecule has 2 nitrogen and oxygen atoms in total. The van der Waals surface area contributed by atoms with E-state index >= 15 is 0 Å². The van der Waals surface area contributed by atoms with E-state index in [9.17, 15) is 0 Å². The van der Waals surface area contributed by atoms with Crippen molar-refractivity contribution in [3.63, 3.8) is 0 Å². The van der Waals surface area contributed by atoms with E-state index in [4.69, 9.17) is 0 Å². The first-order valence-corrected chi connectivity index (χ1v) is 6.09. The molecule has 2 aliphatic heterocycles. The summed E-state index contributed by atoms with van der Waals surface area (Å²) in [5.41, 5.74) is 0.506. The zero-order valence-corrected chi connectivity index (χ0v) is 9.84.